The van der Waals surface area contributed by atoms with Gasteiger partial charge in [-0.25, -0.2) is 4.79 Å². The van der Waals surface area contributed by atoms with E-state index in [1.54, 1.807) is 20.1 Å². The number of aromatic nitrogens is 1. The second-order valence-electron chi connectivity index (χ2n) is 6.38. The number of nitro benzene ring substituents is 1. The van der Waals surface area contributed by atoms with Crippen LogP contribution in [0.5, 0.6) is 0 Å². The molecule has 0 aliphatic heterocycles. The fourth-order valence-electron chi connectivity index (χ4n) is 3.17. The number of ether oxygens (including phenoxy) is 2. The van der Waals surface area contributed by atoms with Gasteiger partial charge in [0.05, 0.1) is 17.6 Å². The van der Waals surface area contributed by atoms with Crippen molar-refractivity contribution >= 4 is 29.0 Å². The molecule has 0 fully saturated rings. The van der Waals surface area contributed by atoms with E-state index < -0.39 is 29.0 Å². The van der Waals surface area contributed by atoms with Crippen LogP contribution in [0.15, 0.2) is 24.3 Å². The number of aryl methyl sites for hydroxylation is 1. The van der Waals surface area contributed by atoms with Crippen molar-refractivity contribution in [2.24, 2.45) is 0 Å². The number of Topliss-reactive ketones (excluding diaryl/α,β-unsaturated/α-hetero) is 1. The van der Waals surface area contributed by atoms with Crippen molar-refractivity contribution in [2.75, 3.05) is 20.3 Å². The Kier molecular flexibility index (Phi) is 6.93. The monoisotopic (exact) mass is 408 g/mol. The third-order valence-electron chi connectivity index (χ3n) is 4.34. The molecule has 2 rings (SSSR count). The van der Waals surface area contributed by atoms with Gasteiger partial charge in [0.25, 0.3) is 5.69 Å². The zero-order valence-corrected chi connectivity index (χ0v) is 16.8. The van der Waals surface area contributed by atoms with Crippen LogP contribution in [0, 0.1) is 24.0 Å². The summed E-state index contributed by atoms with van der Waals surface area (Å²) in [6.07, 6.45) is 0. The minimum Gasteiger partial charge on any atom is -0.454 e. The number of benzene rings is 1. The quantitative estimate of drug-likeness (QED) is 0.284. The van der Waals surface area contributed by atoms with Gasteiger partial charge in [0.2, 0.25) is 5.78 Å². The molecule has 0 aliphatic rings. The maximum Gasteiger partial charge on any atom is 0.345 e. The molecule has 150 valence electrons. The Labute approximate surface area is 167 Å². The van der Waals surface area contributed by atoms with Crippen molar-refractivity contribution in [3.8, 4) is 0 Å². The molecule has 28 heavy (non-hydrogen) atoms. The molecule has 0 radical (unpaired) electrons. The van der Waals surface area contributed by atoms with Crippen LogP contribution in [-0.2, 0) is 9.47 Å². The molecule has 1 heterocycles. The van der Waals surface area contributed by atoms with Gasteiger partial charge in [-0.1, -0.05) is 11.6 Å². The van der Waals surface area contributed by atoms with Gasteiger partial charge < -0.3 is 14.0 Å². The smallest absolute Gasteiger partial charge is 0.345 e. The van der Waals surface area contributed by atoms with Crippen LogP contribution in [-0.4, -0.2) is 41.6 Å². The number of esters is 1. The van der Waals surface area contributed by atoms with Crippen LogP contribution in [0.2, 0.25) is 5.02 Å². The zero-order valence-electron chi connectivity index (χ0n) is 16.0. The van der Waals surface area contributed by atoms with Gasteiger partial charge >= 0.3 is 5.97 Å². The number of hydrogen-bond donors (Lipinski definition) is 0. The van der Waals surface area contributed by atoms with Crippen LogP contribution >= 0.6 is 11.6 Å². The highest BCUT2D eigenvalue weighted by Gasteiger charge is 2.24. The molecule has 1 aromatic heterocycles. The first kappa shape index (κ1) is 21.6. The van der Waals surface area contributed by atoms with Crippen molar-refractivity contribution in [1.29, 1.82) is 0 Å². The minimum absolute atomic E-state index is 0.0332. The molecule has 0 amide bonds. The summed E-state index contributed by atoms with van der Waals surface area (Å²) in [5.41, 5.74) is 1.31. The number of carbonyl (C=O) groups excluding carboxylic acids is 2. The lowest BCUT2D eigenvalue weighted by Gasteiger charge is -2.17. The number of rotatable bonds is 8. The molecule has 8 nitrogen and oxygen atoms in total. The maximum atomic E-state index is 12.5. The van der Waals surface area contributed by atoms with Crippen molar-refractivity contribution in [3.63, 3.8) is 0 Å². The maximum absolute atomic E-state index is 12.5. The lowest BCUT2D eigenvalue weighted by molar-refractivity contribution is -0.385. The summed E-state index contributed by atoms with van der Waals surface area (Å²) >= 11 is 5.73. The number of carbonyl (C=O) groups is 2. The largest absolute Gasteiger partial charge is 0.454 e. The second kappa shape index (κ2) is 8.99. The van der Waals surface area contributed by atoms with Gasteiger partial charge in [0.1, 0.15) is 5.56 Å². The van der Waals surface area contributed by atoms with E-state index in [9.17, 15) is 19.7 Å². The number of nitrogens with zero attached hydrogens (tertiary/aromatic N) is 2. The average Bonchev–Trinajstić information content (AvgIpc) is 2.93. The van der Waals surface area contributed by atoms with Crippen LogP contribution in [0.25, 0.3) is 0 Å². The molecule has 0 unspecified atom stereocenters. The summed E-state index contributed by atoms with van der Waals surface area (Å²) < 4.78 is 12.2. The minimum atomic E-state index is -0.960. The normalized spacial score (nSPS) is 11.9. The Hall–Kier alpha value is -2.71. The Morgan fingerprint density at radius 2 is 1.93 bits per heavy atom. The van der Waals surface area contributed by atoms with Crippen LogP contribution in [0.1, 0.15) is 45.1 Å². The van der Waals surface area contributed by atoms with Crippen molar-refractivity contribution in [3.05, 3.63) is 61.9 Å². The standard InChI is InChI=1S/C19H21ClN2O6/c1-11-7-16(13(3)21(11)12(2)9-27-4)18(23)10-28-19(24)15-6-5-14(20)8-17(15)22(25)26/h5-8,12H,9-10H2,1-4H3/t12-/m0/s1. The van der Waals surface area contributed by atoms with E-state index in [4.69, 9.17) is 21.1 Å². The first-order valence-electron chi connectivity index (χ1n) is 8.49. The molecular formula is C19H21ClN2O6. The Morgan fingerprint density at radius 1 is 1.25 bits per heavy atom. The molecule has 2 aromatic rings. The third kappa shape index (κ3) is 4.58. The van der Waals surface area contributed by atoms with E-state index in [0.717, 1.165) is 17.5 Å². The van der Waals surface area contributed by atoms with Crippen LogP contribution < -0.4 is 0 Å². The van der Waals surface area contributed by atoms with Gasteiger partial charge in [-0.15, -0.1) is 0 Å². The Bertz CT molecular complexity index is 921. The SMILES string of the molecule is COC[C@H](C)n1c(C)cc(C(=O)COC(=O)c2ccc(Cl)cc2[N+](=O)[O-])c1C. The van der Waals surface area contributed by atoms with E-state index in [1.165, 1.54) is 12.1 Å². The summed E-state index contributed by atoms with van der Waals surface area (Å²) in [5, 5.41) is 11.2. The first-order valence-corrected chi connectivity index (χ1v) is 8.86. The summed E-state index contributed by atoms with van der Waals surface area (Å²) in [4.78, 5) is 35.1. The van der Waals surface area contributed by atoms with Crippen LogP contribution in [0.4, 0.5) is 5.69 Å². The summed E-state index contributed by atoms with van der Waals surface area (Å²) in [5.74, 6) is -1.35. The fraction of sp³-hybridized carbons (Fsp3) is 0.368. The topological polar surface area (TPSA) is 101 Å². The number of methoxy groups -OCH3 is 1. The molecule has 1 atom stereocenters. The van der Waals surface area contributed by atoms with Crippen molar-refractivity contribution in [1.82, 2.24) is 4.57 Å². The lowest BCUT2D eigenvalue weighted by Crippen LogP contribution is -2.17. The van der Waals surface area contributed by atoms with E-state index in [-0.39, 0.29) is 16.6 Å². The molecule has 0 aliphatic carbocycles. The van der Waals surface area contributed by atoms with E-state index in [0.29, 0.717) is 12.2 Å². The molecule has 0 saturated heterocycles. The Morgan fingerprint density at radius 3 is 2.54 bits per heavy atom. The summed E-state index contributed by atoms with van der Waals surface area (Å²) in [7, 11) is 1.60. The second-order valence-corrected chi connectivity index (χ2v) is 6.81. The highest BCUT2D eigenvalue weighted by Crippen LogP contribution is 2.25. The number of hydrogen-bond acceptors (Lipinski definition) is 6. The van der Waals surface area contributed by atoms with E-state index in [2.05, 4.69) is 0 Å². The summed E-state index contributed by atoms with van der Waals surface area (Å²) in [6.45, 7) is 5.61. The molecule has 0 bridgehead atoms. The Balaban J connectivity index is 2.16. The zero-order chi connectivity index (χ0) is 21.0. The van der Waals surface area contributed by atoms with E-state index in [1.807, 2.05) is 18.4 Å². The summed E-state index contributed by atoms with van der Waals surface area (Å²) in [6, 6.07) is 5.36. The highest BCUT2D eigenvalue weighted by molar-refractivity contribution is 6.31. The fourth-order valence-corrected chi connectivity index (χ4v) is 3.33. The van der Waals surface area contributed by atoms with Crippen LogP contribution in [0.3, 0.4) is 0 Å². The molecular weight excluding hydrogens is 388 g/mol. The first-order chi connectivity index (χ1) is 13.2. The number of halogens is 1. The average molecular weight is 409 g/mol. The molecule has 0 spiro atoms. The predicted molar refractivity (Wildman–Crippen MR) is 103 cm³/mol. The van der Waals surface area contributed by atoms with Gasteiger partial charge in [0, 0.05) is 35.2 Å². The third-order valence-corrected chi connectivity index (χ3v) is 4.58. The van der Waals surface area contributed by atoms with Crippen molar-refractivity contribution in [2.45, 2.75) is 26.8 Å². The molecule has 1 aromatic carbocycles. The van der Waals surface area contributed by atoms with Gasteiger partial charge in [-0.3, -0.25) is 14.9 Å². The highest BCUT2D eigenvalue weighted by atomic mass is 35.5. The van der Waals surface area contributed by atoms with Gasteiger partial charge in [0.15, 0.2) is 6.61 Å². The predicted octanol–water partition coefficient (Wildman–Crippen LogP) is 3.91. The number of ketones is 1. The van der Waals surface area contributed by atoms with Gasteiger partial charge in [-0.05, 0) is 39.0 Å². The molecule has 0 saturated carbocycles. The van der Waals surface area contributed by atoms with Gasteiger partial charge in [-0.2, -0.15) is 0 Å². The van der Waals surface area contributed by atoms with E-state index >= 15 is 0 Å². The van der Waals surface area contributed by atoms with Crippen molar-refractivity contribution < 1.29 is 24.0 Å². The lowest BCUT2D eigenvalue weighted by atomic mass is 10.1. The molecule has 0 N–H and O–H groups in total. The number of nitro groups is 1. The molecule has 9 heteroatoms.